The number of benzene rings is 1. The van der Waals surface area contributed by atoms with Gasteiger partial charge in [-0.3, -0.25) is 4.79 Å². The number of aliphatic hydroxyl groups excluding tert-OH is 1. The van der Waals surface area contributed by atoms with Crippen molar-refractivity contribution in [3.8, 4) is 0 Å². The predicted octanol–water partition coefficient (Wildman–Crippen LogP) is 1.90. The van der Waals surface area contributed by atoms with E-state index >= 15 is 0 Å². The maximum Gasteiger partial charge on any atom is 0.230 e. The Morgan fingerprint density at radius 2 is 2.16 bits per heavy atom. The van der Waals surface area contributed by atoms with Crippen LogP contribution in [0.2, 0.25) is 0 Å². The molecular weight excluding hydrogens is 240 g/mol. The van der Waals surface area contributed by atoms with Gasteiger partial charge >= 0.3 is 0 Å². The molecule has 0 atom stereocenters. The van der Waals surface area contributed by atoms with Crippen molar-refractivity contribution in [3.05, 3.63) is 29.8 Å². The van der Waals surface area contributed by atoms with Gasteiger partial charge in [-0.2, -0.15) is 0 Å². The minimum Gasteiger partial charge on any atom is -0.392 e. The van der Waals surface area contributed by atoms with Gasteiger partial charge in [0.15, 0.2) is 0 Å². The van der Waals surface area contributed by atoms with Crippen LogP contribution in [0.1, 0.15) is 31.7 Å². The van der Waals surface area contributed by atoms with Crippen LogP contribution in [0.15, 0.2) is 24.3 Å². The summed E-state index contributed by atoms with van der Waals surface area (Å²) in [6.07, 6.45) is 2.63. The van der Waals surface area contributed by atoms with E-state index in [0.717, 1.165) is 43.6 Å². The van der Waals surface area contributed by atoms with Crippen molar-refractivity contribution in [2.24, 2.45) is 5.41 Å². The van der Waals surface area contributed by atoms with E-state index in [9.17, 15) is 4.79 Å². The van der Waals surface area contributed by atoms with Crippen LogP contribution in [0, 0.1) is 5.41 Å². The molecule has 1 heterocycles. The van der Waals surface area contributed by atoms with E-state index in [1.165, 1.54) is 0 Å². The zero-order chi connectivity index (χ0) is 13.7. The lowest BCUT2D eigenvalue weighted by Crippen LogP contribution is -2.44. The molecular formula is C15H22N2O2. The molecule has 2 rings (SSSR count). The van der Waals surface area contributed by atoms with E-state index in [4.69, 9.17) is 5.11 Å². The Morgan fingerprint density at radius 3 is 2.79 bits per heavy atom. The number of hydrogen-bond donors (Lipinski definition) is 3. The molecule has 0 unspecified atom stereocenters. The zero-order valence-corrected chi connectivity index (χ0v) is 11.4. The molecule has 0 radical (unpaired) electrons. The predicted molar refractivity (Wildman–Crippen MR) is 75.8 cm³/mol. The summed E-state index contributed by atoms with van der Waals surface area (Å²) in [6.45, 7) is 3.87. The van der Waals surface area contributed by atoms with Gasteiger partial charge in [0, 0.05) is 5.69 Å². The van der Waals surface area contributed by atoms with Gasteiger partial charge in [0.25, 0.3) is 0 Å². The Bertz CT molecular complexity index is 440. The first-order chi connectivity index (χ1) is 9.20. The molecule has 0 saturated carbocycles. The highest BCUT2D eigenvalue weighted by molar-refractivity contribution is 5.95. The first kappa shape index (κ1) is 14.0. The van der Waals surface area contributed by atoms with Crippen molar-refractivity contribution in [1.82, 2.24) is 5.32 Å². The van der Waals surface area contributed by atoms with Crippen molar-refractivity contribution < 1.29 is 9.90 Å². The van der Waals surface area contributed by atoms with E-state index in [1.807, 2.05) is 24.3 Å². The molecule has 4 heteroatoms. The van der Waals surface area contributed by atoms with Crippen LogP contribution in [0.4, 0.5) is 5.69 Å². The first-order valence-electron chi connectivity index (χ1n) is 6.92. The zero-order valence-electron chi connectivity index (χ0n) is 11.4. The second-order valence-electron chi connectivity index (χ2n) is 5.20. The Morgan fingerprint density at radius 1 is 1.42 bits per heavy atom. The number of aliphatic hydroxyl groups is 1. The van der Waals surface area contributed by atoms with Crippen LogP contribution in [-0.4, -0.2) is 24.1 Å². The van der Waals surface area contributed by atoms with Crippen LogP contribution in [0.25, 0.3) is 0 Å². The fourth-order valence-electron chi connectivity index (χ4n) is 2.66. The summed E-state index contributed by atoms with van der Waals surface area (Å²) in [6, 6.07) is 7.38. The Balaban J connectivity index is 2.10. The first-order valence-corrected chi connectivity index (χ1v) is 6.92. The summed E-state index contributed by atoms with van der Waals surface area (Å²) < 4.78 is 0. The third-order valence-corrected chi connectivity index (χ3v) is 4.09. The van der Waals surface area contributed by atoms with Gasteiger partial charge in [-0.25, -0.2) is 0 Å². The fraction of sp³-hybridized carbons (Fsp3) is 0.533. The average Bonchev–Trinajstić information content (AvgIpc) is 2.48. The molecule has 1 saturated heterocycles. The van der Waals surface area contributed by atoms with Gasteiger partial charge in [0.2, 0.25) is 5.91 Å². The smallest absolute Gasteiger partial charge is 0.230 e. The minimum atomic E-state index is -0.250. The maximum absolute atomic E-state index is 12.5. The van der Waals surface area contributed by atoms with Gasteiger partial charge in [-0.05, 0) is 50.0 Å². The van der Waals surface area contributed by atoms with Crippen LogP contribution in [0.5, 0.6) is 0 Å². The summed E-state index contributed by atoms with van der Waals surface area (Å²) in [5.41, 5.74) is 1.33. The van der Waals surface area contributed by atoms with Crippen molar-refractivity contribution in [2.45, 2.75) is 32.8 Å². The topological polar surface area (TPSA) is 61.4 Å². The Labute approximate surface area is 114 Å². The Hall–Kier alpha value is -1.39. The number of hydrogen-bond acceptors (Lipinski definition) is 3. The lowest BCUT2D eigenvalue weighted by molar-refractivity contribution is -0.127. The SMILES string of the molecule is CCC1(C(=O)Nc2cccc(CO)c2)CCNCC1. The summed E-state index contributed by atoms with van der Waals surface area (Å²) in [4.78, 5) is 12.5. The number of amides is 1. The molecule has 3 N–H and O–H groups in total. The van der Waals surface area contributed by atoms with E-state index in [-0.39, 0.29) is 17.9 Å². The van der Waals surface area contributed by atoms with Gasteiger partial charge in [-0.15, -0.1) is 0 Å². The highest BCUT2D eigenvalue weighted by Gasteiger charge is 2.37. The van der Waals surface area contributed by atoms with Crippen LogP contribution < -0.4 is 10.6 Å². The highest BCUT2D eigenvalue weighted by atomic mass is 16.3. The van der Waals surface area contributed by atoms with Crippen molar-refractivity contribution in [1.29, 1.82) is 0 Å². The second-order valence-corrected chi connectivity index (χ2v) is 5.20. The minimum absolute atomic E-state index is 0.00739. The van der Waals surface area contributed by atoms with E-state index < -0.39 is 0 Å². The van der Waals surface area contributed by atoms with Crippen LogP contribution in [-0.2, 0) is 11.4 Å². The van der Waals surface area contributed by atoms with Crippen LogP contribution in [0.3, 0.4) is 0 Å². The third-order valence-electron chi connectivity index (χ3n) is 4.09. The molecule has 1 aliphatic heterocycles. The molecule has 0 spiro atoms. The van der Waals surface area contributed by atoms with Crippen molar-refractivity contribution in [3.63, 3.8) is 0 Å². The number of carbonyl (C=O) groups excluding carboxylic acids is 1. The normalized spacial score (nSPS) is 18.0. The number of piperidine rings is 1. The lowest BCUT2D eigenvalue weighted by atomic mass is 9.76. The number of carbonyl (C=O) groups is 1. The number of anilines is 1. The standard InChI is InChI=1S/C15H22N2O2/c1-2-15(6-8-16-9-7-15)14(19)17-13-5-3-4-12(10-13)11-18/h3-5,10,16,18H,2,6-9,11H2,1H3,(H,17,19). The van der Waals surface area contributed by atoms with E-state index in [2.05, 4.69) is 17.6 Å². The van der Waals surface area contributed by atoms with Gasteiger partial charge in [-0.1, -0.05) is 19.1 Å². The maximum atomic E-state index is 12.5. The molecule has 1 aliphatic rings. The molecule has 104 valence electrons. The summed E-state index contributed by atoms with van der Waals surface area (Å²) in [5, 5.41) is 15.4. The Kier molecular flexibility index (Phi) is 4.56. The molecule has 1 aromatic rings. The quantitative estimate of drug-likeness (QED) is 0.776. The monoisotopic (exact) mass is 262 g/mol. The number of rotatable bonds is 4. The van der Waals surface area contributed by atoms with E-state index in [0.29, 0.717) is 0 Å². The van der Waals surface area contributed by atoms with Gasteiger partial charge in [0.1, 0.15) is 0 Å². The van der Waals surface area contributed by atoms with E-state index in [1.54, 1.807) is 0 Å². The molecule has 1 amide bonds. The summed E-state index contributed by atoms with van der Waals surface area (Å²) in [5.74, 6) is 0.103. The molecule has 0 bridgehead atoms. The largest absolute Gasteiger partial charge is 0.392 e. The van der Waals surface area contributed by atoms with Crippen LogP contribution >= 0.6 is 0 Å². The molecule has 1 fully saturated rings. The molecule has 0 aromatic heterocycles. The highest BCUT2D eigenvalue weighted by Crippen LogP contribution is 2.33. The fourth-order valence-corrected chi connectivity index (χ4v) is 2.66. The second kappa shape index (κ2) is 6.17. The number of nitrogens with one attached hydrogen (secondary N) is 2. The third kappa shape index (κ3) is 3.14. The molecule has 1 aromatic carbocycles. The van der Waals surface area contributed by atoms with Gasteiger partial charge < -0.3 is 15.7 Å². The van der Waals surface area contributed by atoms with Gasteiger partial charge in [0.05, 0.1) is 12.0 Å². The van der Waals surface area contributed by atoms with Crippen molar-refractivity contribution >= 4 is 11.6 Å². The summed E-state index contributed by atoms with van der Waals surface area (Å²) >= 11 is 0. The van der Waals surface area contributed by atoms with Crippen molar-refractivity contribution in [2.75, 3.05) is 18.4 Å². The lowest BCUT2D eigenvalue weighted by Gasteiger charge is -2.35. The molecule has 4 nitrogen and oxygen atoms in total. The average molecular weight is 262 g/mol. The molecule has 19 heavy (non-hydrogen) atoms. The molecule has 0 aliphatic carbocycles. The summed E-state index contributed by atoms with van der Waals surface area (Å²) in [7, 11) is 0.